The first-order chi connectivity index (χ1) is 9.36. The lowest BCUT2D eigenvalue weighted by Gasteiger charge is -2.18. The van der Waals surface area contributed by atoms with Crippen LogP contribution in [-0.2, 0) is 21.0 Å². The van der Waals surface area contributed by atoms with Gasteiger partial charge in [0.05, 0.1) is 17.0 Å². The van der Waals surface area contributed by atoms with E-state index < -0.39 is 44.4 Å². The van der Waals surface area contributed by atoms with E-state index >= 15 is 0 Å². The van der Waals surface area contributed by atoms with Crippen molar-refractivity contribution in [1.29, 1.82) is 0 Å². The van der Waals surface area contributed by atoms with Crippen LogP contribution in [0.4, 0.5) is 13.2 Å². The summed E-state index contributed by atoms with van der Waals surface area (Å²) in [5.74, 6) is -0.421. The van der Waals surface area contributed by atoms with Gasteiger partial charge in [0.15, 0.2) is 5.78 Å². The van der Waals surface area contributed by atoms with Crippen molar-refractivity contribution in [3.63, 3.8) is 0 Å². The smallest absolute Gasteiger partial charge is 0.298 e. The van der Waals surface area contributed by atoms with Crippen LogP contribution in [0.25, 0.3) is 0 Å². The third-order valence-electron chi connectivity index (χ3n) is 2.74. The topological polar surface area (TPSA) is 63.2 Å². The molecule has 0 unspecified atom stereocenters. The van der Waals surface area contributed by atoms with Gasteiger partial charge in [-0.15, -0.1) is 0 Å². The molecular weight excluding hydrogens is 307 g/mol. The molecule has 21 heavy (non-hydrogen) atoms. The van der Waals surface area contributed by atoms with Crippen molar-refractivity contribution in [3.05, 3.63) is 29.8 Å². The molecule has 0 aliphatic heterocycles. The third-order valence-corrected chi connectivity index (χ3v) is 4.20. The maximum Gasteiger partial charge on any atom is 0.417 e. The highest BCUT2D eigenvalue weighted by molar-refractivity contribution is 7.89. The van der Waals surface area contributed by atoms with E-state index in [0.717, 1.165) is 12.1 Å². The van der Waals surface area contributed by atoms with E-state index in [1.54, 1.807) is 20.8 Å². The van der Waals surface area contributed by atoms with Crippen molar-refractivity contribution in [2.45, 2.75) is 31.8 Å². The lowest BCUT2D eigenvalue weighted by Crippen LogP contribution is -2.36. The number of Topliss-reactive ketones (excluding diaryl/α,β-unsaturated/α-hetero) is 1. The Hall–Kier alpha value is -1.41. The Kier molecular flexibility index (Phi) is 4.84. The summed E-state index contributed by atoms with van der Waals surface area (Å²) in [4.78, 5) is 10.8. The van der Waals surface area contributed by atoms with Crippen LogP contribution in [0.2, 0.25) is 0 Å². The Bertz CT molecular complexity index is 631. The van der Waals surface area contributed by atoms with Gasteiger partial charge in [0, 0.05) is 5.41 Å². The molecule has 0 aliphatic carbocycles. The number of halogens is 3. The third kappa shape index (κ3) is 4.53. The quantitative estimate of drug-likeness (QED) is 0.926. The van der Waals surface area contributed by atoms with E-state index in [2.05, 4.69) is 0 Å². The van der Waals surface area contributed by atoms with Gasteiger partial charge < -0.3 is 0 Å². The summed E-state index contributed by atoms with van der Waals surface area (Å²) in [7, 11) is -4.42. The maximum atomic E-state index is 12.8. The summed E-state index contributed by atoms with van der Waals surface area (Å²) in [5.41, 5.74) is -2.05. The van der Waals surface area contributed by atoms with E-state index in [9.17, 15) is 26.4 Å². The van der Waals surface area contributed by atoms with Gasteiger partial charge in [-0.05, 0) is 12.1 Å². The molecule has 0 bridgehead atoms. The van der Waals surface area contributed by atoms with Crippen LogP contribution in [0, 0.1) is 5.41 Å². The molecule has 1 N–H and O–H groups in total. The minimum absolute atomic E-state index is 0.421. The van der Waals surface area contributed by atoms with Crippen molar-refractivity contribution in [2.24, 2.45) is 5.41 Å². The number of sulfonamides is 1. The molecular formula is C13H16F3NO3S. The Labute approximate surface area is 121 Å². The minimum Gasteiger partial charge on any atom is -0.298 e. The van der Waals surface area contributed by atoms with E-state index in [1.165, 1.54) is 6.07 Å². The molecule has 0 aliphatic rings. The molecule has 0 radical (unpaired) electrons. The van der Waals surface area contributed by atoms with Crippen molar-refractivity contribution in [3.8, 4) is 0 Å². The molecule has 1 aromatic carbocycles. The lowest BCUT2D eigenvalue weighted by atomic mass is 9.91. The molecule has 0 saturated carbocycles. The van der Waals surface area contributed by atoms with Crippen LogP contribution in [0.1, 0.15) is 26.3 Å². The molecule has 0 amide bonds. The number of carbonyl (C=O) groups is 1. The summed E-state index contributed by atoms with van der Waals surface area (Å²) in [6.07, 6.45) is -4.79. The van der Waals surface area contributed by atoms with E-state index in [4.69, 9.17) is 0 Å². The first kappa shape index (κ1) is 17.6. The van der Waals surface area contributed by atoms with Gasteiger partial charge in [0.25, 0.3) is 0 Å². The fourth-order valence-electron chi connectivity index (χ4n) is 1.44. The number of nitrogens with one attached hydrogen (secondary N) is 1. The van der Waals surface area contributed by atoms with Crippen molar-refractivity contribution >= 4 is 15.8 Å². The average molecular weight is 323 g/mol. The Morgan fingerprint density at radius 3 is 2.14 bits per heavy atom. The Morgan fingerprint density at radius 2 is 1.67 bits per heavy atom. The number of carbonyl (C=O) groups excluding carboxylic acids is 1. The van der Waals surface area contributed by atoms with Gasteiger partial charge in [-0.1, -0.05) is 32.9 Å². The monoisotopic (exact) mass is 323 g/mol. The molecule has 1 aromatic rings. The standard InChI is InChI=1S/C13H16F3NO3S/c1-12(2,3)11(18)8-17-21(19,20)10-7-5-4-6-9(10)13(14,15)16/h4-7,17H,8H2,1-3H3. The fraction of sp³-hybridized carbons (Fsp3) is 0.462. The van der Waals surface area contributed by atoms with Gasteiger partial charge in [0.2, 0.25) is 10.0 Å². The molecule has 0 saturated heterocycles. The molecule has 8 heteroatoms. The highest BCUT2D eigenvalue weighted by Gasteiger charge is 2.37. The van der Waals surface area contributed by atoms with Crippen LogP contribution in [0.15, 0.2) is 29.2 Å². The first-order valence-corrected chi connectivity index (χ1v) is 7.53. The fourth-order valence-corrected chi connectivity index (χ4v) is 2.65. The second kappa shape index (κ2) is 5.76. The molecule has 4 nitrogen and oxygen atoms in total. The summed E-state index contributed by atoms with van der Waals surface area (Å²) < 4.78 is 64.3. The Balaban J connectivity index is 3.08. The number of hydrogen-bond acceptors (Lipinski definition) is 3. The zero-order valence-corrected chi connectivity index (χ0v) is 12.6. The highest BCUT2D eigenvalue weighted by Crippen LogP contribution is 2.33. The zero-order chi connectivity index (χ0) is 16.5. The number of ketones is 1. The van der Waals surface area contributed by atoms with Gasteiger partial charge in [-0.3, -0.25) is 4.79 Å². The summed E-state index contributed by atoms with van der Waals surface area (Å²) in [6, 6.07) is 3.82. The predicted octanol–water partition coefficient (Wildman–Crippen LogP) is 2.60. The molecule has 0 atom stereocenters. The van der Waals surface area contributed by atoms with Crippen LogP contribution in [0.3, 0.4) is 0 Å². The second-order valence-corrected chi connectivity index (χ2v) is 7.23. The predicted molar refractivity (Wildman–Crippen MR) is 71.1 cm³/mol. The van der Waals surface area contributed by atoms with Gasteiger partial charge in [-0.25, -0.2) is 13.1 Å². The van der Waals surface area contributed by atoms with E-state index in [-0.39, 0.29) is 0 Å². The van der Waals surface area contributed by atoms with Crippen molar-refractivity contribution in [1.82, 2.24) is 4.72 Å². The second-order valence-electron chi connectivity index (χ2n) is 5.49. The van der Waals surface area contributed by atoms with Crippen molar-refractivity contribution < 1.29 is 26.4 Å². The summed E-state index contributed by atoms with van der Waals surface area (Å²) in [6.45, 7) is 4.21. The largest absolute Gasteiger partial charge is 0.417 e. The van der Waals surface area contributed by atoms with Gasteiger partial charge in [-0.2, -0.15) is 13.2 Å². The molecule has 0 fully saturated rings. The normalized spacial score (nSPS) is 13.2. The van der Waals surface area contributed by atoms with Crippen LogP contribution >= 0.6 is 0 Å². The van der Waals surface area contributed by atoms with Gasteiger partial charge in [0.1, 0.15) is 0 Å². The Morgan fingerprint density at radius 1 is 1.14 bits per heavy atom. The number of hydrogen-bond donors (Lipinski definition) is 1. The average Bonchev–Trinajstić information content (AvgIpc) is 2.34. The zero-order valence-electron chi connectivity index (χ0n) is 11.8. The highest BCUT2D eigenvalue weighted by atomic mass is 32.2. The van der Waals surface area contributed by atoms with E-state index in [0.29, 0.717) is 6.07 Å². The van der Waals surface area contributed by atoms with Crippen LogP contribution < -0.4 is 4.72 Å². The number of alkyl halides is 3. The van der Waals surface area contributed by atoms with Crippen LogP contribution in [0.5, 0.6) is 0 Å². The number of benzene rings is 1. The number of rotatable bonds is 4. The lowest BCUT2D eigenvalue weighted by molar-refractivity contribution is -0.139. The van der Waals surface area contributed by atoms with E-state index in [1.807, 2.05) is 4.72 Å². The molecule has 1 rings (SSSR count). The summed E-state index contributed by atoms with van der Waals surface area (Å²) in [5, 5.41) is 0. The SMILES string of the molecule is CC(C)(C)C(=O)CNS(=O)(=O)c1ccccc1C(F)(F)F. The first-order valence-electron chi connectivity index (χ1n) is 6.05. The maximum absolute atomic E-state index is 12.8. The molecule has 0 aromatic heterocycles. The molecule has 0 heterocycles. The molecule has 118 valence electrons. The molecule has 0 spiro atoms. The van der Waals surface area contributed by atoms with Crippen LogP contribution in [-0.4, -0.2) is 20.7 Å². The van der Waals surface area contributed by atoms with Gasteiger partial charge >= 0.3 is 6.18 Å². The minimum atomic E-state index is -4.79. The van der Waals surface area contributed by atoms with Crippen molar-refractivity contribution in [2.75, 3.05) is 6.54 Å². The summed E-state index contributed by atoms with van der Waals surface area (Å²) >= 11 is 0.